The van der Waals surface area contributed by atoms with E-state index in [1.165, 1.54) is 4.31 Å². The number of carbonyl (C=O) groups is 2. The van der Waals surface area contributed by atoms with Gasteiger partial charge in [0.25, 0.3) is 5.91 Å². The Labute approximate surface area is 200 Å². The third-order valence-corrected chi connectivity index (χ3v) is 9.16. The first-order valence-corrected chi connectivity index (χ1v) is 13.6. The molecule has 2 amide bonds. The molecule has 1 unspecified atom stereocenters. The molecule has 0 radical (unpaired) electrons. The highest BCUT2D eigenvalue weighted by atomic mass is 32.2. The van der Waals surface area contributed by atoms with Gasteiger partial charge in [0.15, 0.2) is 0 Å². The van der Waals surface area contributed by atoms with Crippen molar-refractivity contribution in [1.29, 1.82) is 0 Å². The van der Waals surface area contributed by atoms with Crippen molar-refractivity contribution >= 4 is 32.6 Å². The van der Waals surface area contributed by atoms with Crippen LogP contribution in [0.15, 0.2) is 47.4 Å². The van der Waals surface area contributed by atoms with Gasteiger partial charge in [-0.1, -0.05) is 30.3 Å². The van der Waals surface area contributed by atoms with Gasteiger partial charge in [-0.25, -0.2) is 8.42 Å². The molecule has 0 bridgehead atoms. The van der Waals surface area contributed by atoms with Gasteiger partial charge in [0.1, 0.15) is 6.10 Å². The Morgan fingerprint density at radius 1 is 0.794 bits per heavy atom. The first kappa shape index (κ1) is 23.3. The molecule has 3 fully saturated rings. The van der Waals surface area contributed by atoms with Crippen LogP contribution in [0.1, 0.15) is 25.7 Å². The third kappa shape index (κ3) is 4.56. The molecule has 3 aliphatic heterocycles. The number of sulfonamides is 1. The summed E-state index contributed by atoms with van der Waals surface area (Å²) in [6.45, 7) is 3.41. The highest BCUT2D eigenvalue weighted by Crippen LogP contribution is 2.27. The van der Waals surface area contributed by atoms with Crippen LogP contribution in [0.25, 0.3) is 10.8 Å². The highest BCUT2D eigenvalue weighted by Gasteiger charge is 2.36. The maximum atomic E-state index is 13.2. The Bertz CT molecular complexity index is 1160. The standard InChI is InChI=1S/C25H31N3O5S/c29-24(26-13-15-27(16-14-26)25(30)23-6-3-17-33-23)20-9-11-28(12-10-20)34(31,32)22-8-7-19-4-1-2-5-21(19)18-22/h1-2,4-5,7-8,18,20,23H,3,6,9-17H2. The monoisotopic (exact) mass is 485 g/mol. The Hall–Kier alpha value is -2.49. The van der Waals surface area contributed by atoms with E-state index < -0.39 is 10.0 Å². The second-order valence-electron chi connectivity index (χ2n) is 9.34. The summed E-state index contributed by atoms with van der Waals surface area (Å²) >= 11 is 0. The summed E-state index contributed by atoms with van der Waals surface area (Å²) in [5.41, 5.74) is 0. The maximum absolute atomic E-state index is 13.2. The molecule has 0 saturated carbocycles. The second-order valence-corrected chi connectivity index (χ2v) is 11.3. The van der Waals surface area contributed by atoms with Gasteiger partial charge in [-0.15, -0.1) is 0 Å². The molecule has 3 heterocycles. The molecule has 5 rings (SSSR count). The topological polar surface area (TPSA) is 87.2 Å². The highest BCUT2D eigenvalue weighted by molar-refractivity contribution is 7.89. The van der Waals surface area contributed by atoms with Gasteiger partial charge in [-0.05, 0) is 48.6 Å². The molecule has 0 aliphatic carbocycles. The first-order valence-electron chi connectivity index (χ1n) is 12.1. The zero-order valence-electron chi connectivity index (χ0n) is 19.3. The van der Waals surface area contributed by atoms with Crippen LogP contribution in [0.2, 0.25) is 0 Å². The van der Waals surface area contributed by atoms with Crippen molar-refractivity contribution in [2.45, 2.75) is 36.7 Å². The van der Waals surface area contributed by atoms with Gasteiger partial charge < -0.3 is 14.5 Å². The first-order chi connectivity index (χ1) is 16.4. The minimum atomic E-state index is -3.60. The largest absolute Gasteiger partial charge is 0.368 e. The minimum Gasteiger partial charge on any atom is -0.368 e. The summed E-state index contributed by atoms with van der Waals surface area (Å²) in [5, 5.41) is 1.90. The predicted molar refractivity (Wildman–Crippen MR) is 128 cm³/mol. The maximum Gasteiger partial charge on any atom is 0.251 e. The molecule has 9 heteroatoms. The van der Waals surface area contributed by atoms with Crippen molar-refractivity contribution in [3.63, 3.8) is 0 Å². The van der Waals surface area contributed by atoms with Gasteiger partial charge in [0, 0.05) is 51.8 Å². The number of amides is 2. The summed E-state index contributed by atoms with van der Waals surface area (Å²) in [4.78, 5) is 29.6. The van der Waals surface area contributed by atoms with E-state index in [1.54, 1.807) is 17.0 Å². The van der Waals surface area contributed by atoms with Crippen LogP contribution < -0.4 is 0 Å². The zero-order valence-corrected chi connectivity index (χ0v) is 20.1. The van der Waals surface area contributed by atoms with Crippen LogP contribution in [-0.4, -0.2) is 86.3 Å². The van der Waals surface area contributed by atoms with E-state index in [9.17, 15) is 18.0 Å². The predicted octanol–water partition coefficient (Wildman–Crippen LogP) is 2.09. The van der Waals surface area contributed by atoms with E-state index in [0.717, 1.165) is 23.6 Å². The fourth-order valence-electron chi connectivity index (χ4n) is 5.20. The molecule has 3 aliphatic rings. The molecular formula is C25H31N3O5S. The fraction of sp³-hybridized carbons (Fsp3) is 0.520. The van der Waals surface area contributed by atoms with E-state index in [0.29, 0.717) is 63.6 Å². The van der Waals surface area contributed by atoms with Crippen LogP contribution in [0.5, 0.6) is 0 Å². The Balaban J connectivity index is 1.15. The number of fused-ring (bicyclic) bond motifs is 1. The number of hydrogen-bond donors (Lipinski definition) is 0. The quantitative estimate of drug-likeness (QED) is 0.662. The van der Waals surface area contributed by atoms with Crippen LogP contribution in [0.3, 0.4) is 0 Å². The molecule has 0 N–H and O–H groups in total. The summed E-state index contributed by atoms with van der Waals surface area (Å²) in [6.07, 6.45) is 2.40. The average molecular weight is 486 g/mol. The second kappa shape index (κ2) is 9.64. The lowest BCUT2D eigenvalue weighted by atomic mass is 9.96. The molecule has 0 aromatic heterocycles. The molecule has 34 heavy (non-hydrogen) atoms. The molecular weight excluding hydrogens is 454 g/mol. The number of nitrogens with zero attached hydrogens (tertiary/aromatic N) is 3. The Kier molecular flexibility index (Phi) is 6.59. The van der Waals surface area contributed by atoms with Crippen molar-refractivity contribution in [2.75, 3.05) is 45.9 Å². The molecule has 8 nitrogen and oxygen atoms in total. The van der Waals surface area contributed by atoms with Crippen molar-refractivity contribution in [2.24, 2.45) is 5.92 Å². The molecule has 182 valence electrons. The van der Waals surface area contributed by atoms with Crippen LogP contribution in [0, 0.1) is 5.92 Å². The van der Waals surface area contributed by atoms with Crippen molar-refractivity contribution in [1.82, 2.24) is 14.1 Å². The SMILES string of the molecule is O=C(C1CCN(S(=O)(=O)c2ccc3ccccc3c2)CC1)N1CCN(C(=O)C2CCCO2)CC1. The van der Waals surface area contributed by atoms with E-state index >= 15 is 0 Å². The number of hydrogen-bond acceptors (Lipinski definition) is 5. The Morgan fingerprint density at radius 3 is 2.09 bits per heavy atom. The smallest absolute Gasteiger partial charge is 0.251 e. The molecule has 0 spiro atoms. The normalized spacial score (nSPS) is 22.9. The van der Waals surface area contributed by atoms with Gasteiger partial charge >= 0.3 is 0 Å². The van der Waals surface area contributed by atoms with Gasteiger partial charge in [-0.3, -0.25) is 9.59 Å². The number of rotatable bonds is 4. The van der Waals surface area contributed by atoms with E-state index in [-0.39, 0.29) is 23.8 Å². The summed E-state index contributed by atoms with van der Waals surface area (Å²) in [5.74, 6) is -0.0627. The molecule has 1 atom stereocenters. The van der Waals surface area contributed by atoms with Crippen molar-refractivity contribution in [3.05, 3.63) is 42.5 Å². The lowest BCUT2D eigenvalue weighted by Gasteiger charge is -2.38. The number of piperazine rings is 1. The van der Waals surface area contributed by atoms with Crippen molar-refractivity contribution < 1.29 is 22.7 Å². The number of ether oxygens (including phenoxy) is 1. The number of carbonyl (C=O) groups excluding carboxylic acids is 2. The van der Waals surface area contributed by atoms with E-state index in [4.69, 9.17) is 4.74 Å². The van der Waals surface area contributed by atoms with Crippen LogP contribution >= 0.6 is 0 Å². The van der Waals surface area contributed by atoms with Crippen molar-refractivity contribution in [3.8, 4) is 0 Å². The fourth-order valence-corrected chi connectivity index (χ4v) is 6.71. The summed E-state index contributed by atoms with van der Waals surface area (Å²) in [7, 11) is -3.60. The van der Waals surface area contributed by atoms with E-state index in [1.807, 2.05) is 35.2 Å². The molecule has 3 saturated heterocycles. The average Bonchev–Trinajstić information content (AvgIpc) is 3.43. The minimum absolute atomic E-state index is 0.0387. The lowest BCUT2D eigenvalue weighted by Crippen LogP contribution is -2.54. The Morgan fingerprint density at radius 2 is 1.44 bits per heavy atom. The molecule has 2 aromatic rings. The summed E-state index contributed by atoms with van der Waals surface area (Å²) < 4.78 is 33.4. The van der Waals surface area contributed by atoms with Crippen LogP contribution in [0.4, 0.5) is 0 Å². The summed E-state index contributed by atoms with van der Waals surface area (Å²) in [6, 6.07) is 12.9. The van der Waals surface area contributed by atoms with E-state index in [2.05, 4.69) is 0 Å². The number of benzene rings is 2. The van der Waals surface area contributed by atoms with Gasteiger partial charge in [-0.2, -0.15) is 4.31 Å². The van der Waals surface area contributed by atoms with Gasteiger partial charge in [0.2, 0.25) is 15.9 Å². The molecule has 2 aromatic carbocycles. The third-order valence-electron chi connectivity index (χ3n) is 7.27. The number of piperidine rings is 1. The lowest BCUT2D eigenvalue weighted by molar-refractivity contribution is -0.147. The van der Waals surface area contributed by atoms with Crippen LogP contribution in [-0.2, 0) is 24.3 Å². The van der Waals surface area contributed by atoms with Gasteiger partial charge in [0.05, 0.1) is 4.90 Å². The zero-order chi connectivity index (χ0) is 23.7.